The standard InChI is InChI=1S/C62H41NO/c1-61(2)50-23-9-5-17-44(50)45-35-34-41(37-55(45)61)63(40-32-29-39(30-33-40)43-21-13-22-47-46-18-8-12-28-57(46)64-60(43)47)56-27-14-26-53-59(56)49-20-7-11-25-52(49)62(53)51-24-10-6-19-48(51)58-42-16-4-3-15-38(42)31-36-54(58)62/h3-37H,1-2H3. The third-order valence-corrected chi connectivity index (χ3v) is 14.9. The van der Waals surface area contributed by atoms with Crippen LogP contribution in [0.5, 0.6) is 0 Å². The minimum absolute atomic E-state index is 0.155. The van der Waals surface area contributed by atoms with E-state index in [9.17, 15) is 0 Å². The summed E-state index contributed by atoms with van der Waals surface area (Å²) in [5, 5.41) is 4.84. The van der Waals surface area contributed by atoms with Gasteiger partial charge in [-0.3, -0.25) is 0 Å². The maximum atomic E-state index is 6.54. The van der Waals surface area contributed by atoms with Crippen LogP contribution >= 0.6 is 0 Å². The van der Waals surface area contributed by atoms with Gasteiger partial charge in [-0.15, -0.1) is 0 Å². The number of benzene rings is 10. The minimum Gasteiger partial charge on any atom is -0.455 e. The SMILES string of the molecule is CC1(C)c2ccccc2-c2ccc(N(c3ccc(-c4cccc5c4oc4ccccc45)cc3)c3cccc4c3-c3ccccc3C43c4ccccc4-c4c3ccc3ccccc43)cc21. The second-order valence-electron chi connectivity index (χ2n) is 18.3. The molecular weight excluding hydrogens is 775 g/mol. The van der Waals surface area contributed by atoms with E-state index in [1.807, 2.05) is 6.07 Å². The van der Waals surface area contributed by atoms with Crippen LogP contribution in [0, 0.1) is 0 Å². The fourth-order valence-electron chi connectivity index (χ4n) is 12.1. The molecule has 0 bridgehead atoms. The molecule has 2 heteroatoms. The van der Waals surface area contributed by atoms with Crippen LogP contribution in [0.4, 0.5) is 17.1 Å². The molecule has 1 unspecified atom stereocenters. The van der Waals surface area contributed by atoms with Crippen molar-refractivity contribution in [2.45, 2.75) is 24.7 Å². The lowest BCUT2D eigenvalue weighted by Gasteiger charge is -2.32. The molecular formula is C62H41NO. The molecule has 0 N–H and O–H groups in total. The Morgan fingerprint density at radius 2 is 0.953 bits per heavy atom. The Labute approximate surface area is 372 Å². The second-order valence-corrected chi connectivity index (χ2v) is 18.3. The lowest BCUT2D eigenvalue weighted by Crippen LogP contribution is -2.26. The topological polar surface area (TPSA) is 16.4 Å². The average molecular weight is 816 g/mol. The number of fused-ring (bicyclic) bond motifs is 18. The Balaban J connectivity index is 1.02. The van der Waals surface area contributed by atoms with Crippen molar-refractivity contribution >= 4 is 49.8 Å². The first kappa shape index (κ1) is 35.6. The molecule has 300 valence electrons. The van der Waals surface area contributed by atoms with Crippen LogP contribution in [-0.4, -0.2) is 0 Å². The summed E-state index contributed by atoms with van der Waals surface area (Å²) in [6.07, 6.45) is 0. The summed E-state index contributed by atoms with van der Waals surface area (Å²) in [5.41, 5.74) is 22.7. The highest BCUT2D eigenvalue weighted by Gasteiger charge is 2.53. The zero-order valence-corrected chi connectivity index (χ0v) is 35.6. The van der Waals surface area contributed by atoms with Crippen LogP contribution in [0.15, 0.2) is 217 Å². The predicted octanol–water partition coefficient (Wildman–Crippen LogP) is 16.5. The lowest BCUT2D eigenvalue weighted by molar-refractivity contribution is 0.660. The number of hydrogen-bond acceptors (Lipinski definition) is 2. The van der Waals surface area contributed by atoms with Crippen LogP contribution < -0.4 is 4.90 Å². The summed E-state index contributed by atoms with van der Waals surface area (Å²) in [4.78, 5) is 2.52. The van der Waals surface area contributed by atoms with Crippen molar-refractivity contribution < 1.29 is 4.42 Å². The maximum Gasteiger partial charge on any atom is 0.143 e. The third-order valence-electron chi connectivity index (χ3n) is 14.9. The van der Waals surface area contributed by atoms with E-state index in [1.165, 1.54) is 77.5 Å². The number of anilines is 3. The molecule has 0 saturated heterocycles. The summed E-state index contributed by atoms with van der Waals surface area (Å²) in [6, 6.07) is 79.0. The third kappa shape index (κ3) is 4.54. The summed E-state index contributed by atoms with van der Waals surface area (Å²) >= 11 is 0. The number of furan rings is 1. The summed E-state index contributed by atoms with van der Waals surface area (Å²) in [7, 11) is 0. The summed E-state index contributed by atoms with van der Waals surface area (Å²) in [5.74, 6) is 0. The van der Waals surface area contributed by atoms with Gasteiger partial charge in [-0.1, -0.05) is 190 Å². The van der Waals surface area contributed by atoms with Crippen molar-refractivity contribution in [3.05, 3.63) is 246 Å². The fourth-order valence-corrected chi connectivity index (χ4v) is 12.1. The molecule has 3 aliphatic carbocycles. The van der Waals surface area contributed by atoms with E-state index < -0.39 is 5.41 Å². The normalized spacial score (nSPS) is 15.8. The molecule has 1 aromatic heterocycles. The van der Waals surface area contributed by atoms with Gasteiger partial charge < -0.3 is 9.32 Å². The Hall–Kier alpha value is -7.94. The molecule has 10 aromatic carbocycles. The van der Waals surface area contributed by atoms with Crippen molar-refractivity contribution in [3.63, 3.8) is 0 Å². The van der Waals surface area contributed by atoms with Gasteiger partial charge in [-0.25, -0.2) is 0 Å². The zero-order valence-electron chi connectivity index (χ0n) is 35.6. The number of para-hydroxylation sites is 2. The van der Waals surface area contributed by atoms with Crippen LogP contribution in [0.1, 0.15) is 47.2 Å². The molecule has 0 fully saturated rings. The van der Waals surface area contributed by atoms with Gasteiger partial charge in [0.2, 0.25) is 0 Å². The van der Waals surface area contributed by atoms with Gasteiger partial charge in [0.05, 0.1) is 11.1 Å². The molecule has 0 amide bonds. The zero-order chi connectivity index (χ0) is 42.3. The van der Waals surface area contributed by atoms with Gasteiger partial charge >= 0.3 is 0 Å². The van der Waals surface area contributed by atoms with Gasteiger partial charge in [0, 0.05) is 38.7 Å². The van der Waals surface area contributed by atoms with Crippen molar-refractivity contribution in [1.29, 1.82) is 0 Å². The lowest BCUT2D eigenvalue weighted by atomic mass is 9.70. The van der Waals surface area contributed by atoms with E-state index in [2.05, 4.69) is 225 Å². The first-order chi connectivity index (χ1) is 31.5. The van der Waals surface area contributed by atoms with Gasteiger partial charge in [-0.2, -0.15) is 0 Å². The van der Waals surface area contributed by atoms with E-state index in [4.69, 9.17) is 4.42 Å². The maximum absolute atomic E-state index is 6.54. The summed E-state index contributed by atoms with van der Waals surface area (Å²) < 4.78 is 6.54. The van der Waals surface area contributed by atoms with E-state index in [0.29, 0.717) is 0 Å². The van der Waals surface area contributed by atoms with Crippen LogP contribution in [0.2, 0.25) is 0 Å². The minimum atomic E-state index is -0.486. The van der Waals surface area contributed by atoms with E-state index >= 15 is 0 Å². The Morgan fingerprint density at radius 1 is 0.375 bits per heavy atom. The molecule has 14 rings (SSSR count). The first-order valence-corrected chi connectivity index (χ1v) is 22.4. The average Bonchev–Trinajstić information content (AvgIpc) is 4.04. The monoisotopic (exact) mass is 815 g/mol. The van der Waals surface area contributed by atoms with Crippen molar-refractivity contribution in [2.75, 3.05) is 4.90 Å². The van der Waals surface area contributed by atoms with Gasteiger partial charge in [-0.05, 0) is 114 Å². The summed E-state index contributed by atoms with van der Waals surface area (Å²) in [6.45, 7) is 4.75. The molecule has 0 radical (unpaired) electrons. The Kier molecular flexibility index (Phi) is 7.13. The highest BCUT2D eigenvalue weighted by molar-refractivity contribution is 6.10. The molecule has 11 aromatic rings. The van der Waals surface area contributed by atoms with Crippen molar-refractivity contribution in [2.24, 2.45) is 0 Å². The van der Waals surface area contributed by atoms with Crippen molar-refractivity contribution in [1.82, 2.24) is 0 Å². The molecule has 1 spiro atoms. The molecule has 0 saturated carbocycles. The fraction of sp³-hybridized carbons (Fsp3) is 0.0645. The van der Waals surface area contributed by atoms with Crippen molar-refractivity contribution in [3.8, 4) is 44.5 Å². The van der Waals surface area contributed by atoms with Crippen LogP contribution in [0.3, 0.4) is 0 Å². The quantitative estimate of drug-likeness (QED) is 0.176. The molecule has 0 aliphatic heterocycles. The molecule has 1 atom stereocenters. The molecule has 2 nitrogen and oxygen atoms in total. The van der Waals surface area contributed by atoms with E-state index in [1.54, 1.807) is 0 Å². The van der Waals surface area contributed by atoms with E-state index in [0.717, 1.165) is 50.1 Å². The Bertz CT molecular complexity index is 3770. The second kappa shape index (κ2) is 12.8. The first-order valence-electron chi connectivity index (χ1n) is 22.4. The highest BCUT2D eigenvalue weighted by atomic mass is 16.3. The molecule has 3 aliphatic rings. The molecule has 1 heterocycles. The smallest absolute Gasteiger partial charge is 0.143 e. The van der Waals surface area contributed by atoms with Gasteiger partial charge in [0.25, 0.3) is 0 Å². The van der Waals surface area contributed by atoms with Gasteiger partial charge in [0.1, 0.15) is 11.2 Å². The number of hydrogen-bond donors (Lipinski definition) is 0. The number of nitrogens with zero attached hydrogens (tertiary/aromatic N) is 1. The van der Waals surface area contributed by atoms with E-state index in [-0.39, 0.29) is 5.41 Å². The van der Waals surface area contributed by atoms with Gasteiger partial charge in [0.15, 0.2) is 0 Å². The molecule has 64 heavy (non-hydrogen) atoms. The van der Waals surface area contributed by atoms with Crippen LogP contribution in [-0.2, 0) is 10.8 Å². The van der Waals surface area contributed by atoms with Crippen LogP contribution in [0.25, 0.3) is 77.2 Å². The number of rotatable bonds is 4. The predicted molar refractivity (Wildman–Crippen MR) is 265 cm³/mol. The Morgan fingerprint density at radius 3 is 1.77 bits per heavy atom. The highest BCUT2D eigenvalue weighted by Crippen LogP contribution is 2.65. The largest absolute Gasteiger partial charge is 0.455 e.